The number of nitrogens with zero attached hydrogens (tertiary/aromatic N) is 4. The highest BCUT2D eigenvalue weighted by atomic mass is 79.9. The number of rotatable bonds is 5. The molecule has 8 nitrogen and oxygen atoms in total. The van der Waals surface area contributed by atoms with E-state index in [1.807, 2.05) is 4.90 Å². The Morgan fingerprint density at radius 1 is 1.38 bits per heavy atom. The second-order valence-corrected chi connectivity index (χ2v) is 6.62. The van der Waals surface area contributed by atoms with Crippen molar-refractivity contribution in [3.63, 3.8) is 0 Å². The zero-order valence-electron chi connectivity index (χ0n) is 13.3. The van der Waals surface area contributed by atoms with E-state index in [4.69, 9.17) is 21.1 Å². The molecule has 138 valence electrons. The molecule has 1 saturated heterocycles. The Hall–Kier alpha value is -2.04. The topological polar surface area (TPSA) is 90.6 Å². The predicted molar refractivity (Wildman–Crippen MR) is 95.2 cm³/mol. The van der Waals surface area contributed by atoms with E-state index in [0.717, 1.165) is 6.07 Å². The second-order valence-electron chi connectivity index (χ2n) is 5.35. The van der Waals surface area contributed by atoms with Crippen molar-refractivity contribution < 1.29 is 18.8 Å². The summed E-state index contributed by atoms with van der Waals surface area (Å²) < 4.78 is 25.2. The molecule has 0 amide bonds. The van der Waals surface area contributed by atoms with Gasteiger partial charge in [0, 0.05) is 23.6 Å². The summed E-state index contributed by atoms with van der Waals surface area (Å²) in [4.78, 5) is 20.6. The fraction of sp³-hybridized carbons (Fsp3) is 0.333. The van der Waals surface area contributed by atoms with Crippen LogP contribution < -0.4 is 9.64 Å². The van der Waals surface area contributed by atoms with Gasteiger partial charge in [0.05, 0.1) is 23.7 Å². The Morgan fingerprint density at radius 2 is 2.12 bits per heavy atom. The Bertz CT molecular complexity index is 836. The summed E-state index contributed by atoms with van der Waals surface area (Å²) in [5, 5.41) is 11.3. The molecule has 1 aliphatic heterocycles. The molecule has 11 heteroatoms. The highest BCUT2D eigenvalue weighted by Crippen LogP contribution is 2.35. The number of morpholine rings is 1. The van der Waals surface area contributed by atoms with Crippen LogP contribution in [-0.2, 0) is 11.3 Å². The van der Waals surface area contributed by atoms with Crippen molar-refractivity contribution in [1.82, 2.24) is 9.97 Å². The van der Waals surface area contributed by atoms with Crippen LogP contribution in [0.25, 0.3) is 0 Å². The molecule has 2 heterocycles. The van der Waals surface area contributed by atoms with E-state index in [2.05, 4.69) is 25.9 Å². The van der Waals surface area contributed by atoms with Crippen molar-refractivity contribution >= 4 is 39.0 Å². The number of hydrogen-bond acceptors (Lipinski definition) is 7. The Kier molecular flexibility index (Phi) is 5.84. The van der Waals surface area contributed by atoms with Crippen molar-refractivity contribution in [2.24, 2.45) is 0 Å². The molecule has 1 aliphatic rings. The van der Waals surface area contributed by atoms with E-state index in [0.29, 0.717) is 37.7 Å². The number of ether oxygens (including phenoxy) is 2. The largest absolute Gasteiger partial charge is 0.480 e. The highest BCUT2D eigenvalue weighted by Gasteiger charge is 2.24. The molecular weight excluding hydrogens is 435 g/mol. The van der Waals surface area contributed by atoms with Crippen LogP contribution in [0, 0.1) is 15.9 Å². The fourth-order valence-corrected chi connectivity index (χ4v) is 3.12. The molecule has 0 spiro atoms. The lowest BCUT2D eigenvalue weighted by molar-refractivity contribution is -0.386. The molecule has 0 aliphatic carbocycles. The third-order valence-electron chi connectivity index (χ3n) is 3.73. The average molecular weight is 448 g/mol. The molecule has 0 saturated carbocycles. The summed E-state index contributed by atoms with van der Waals surface area (Å²) in [6.45, 7) is 2.06. The lowest BCUT2D eigenvalue weighted by atomic mass is 10.2. The van der Waals surface area contributed by atoms with Gasteiger partial charge in [-0.15, -0.1) is 0 Å². The average Bonchev–Trinajstić information content (AvgIpc) is 2.62. The maximum absolute atomic E-state index is 14.2. The van der Waals surface area contributed by atoms with E-state index < -0.39 is 22.2 Å². The first kappa shape index (κ1) is 18.7. The van der Waals surface area contributed by atoms with Crippen molar-refractivity contribution in [2.45, 2.75) is 6.61 Å². The van der Waals surface area contributed by atoms with Crippen LogP contribution in [0.15, 0.2) is 22.9 Å². The van der Waals surface area contributed by atoms with Gasteiger partial charge in [-0.3, -0.25) is 10.1 Å². The van der Waals surface area contributed by atoms with Gasteiger partial charge in [0.2, 0.25) is 5.75 Å². The Labute approximate surface area is 161 Å². The first-order chi connectivity index (χ1) is 12.5. The fourth-order valence-electron chi connectivity index (χ4n) is 2.52. The van der Waals surface area contributed by atoms with Crippen LogP contribution in [0.1, 0.15) is 5.56 Å². The van der Waals surface area contributed by atoms with Crippen LogP contribution >= 0.6 is 27.5 Å². The summed E-state index contributed by atoms with van der Waals surface area (Å²) in [6, 6.07) is 2.26. The maximum Gasteiger partial charge on any atom is 0.315 e. The Morgan fingerprint density at radius 3 is 2.81 bits per heavy atom. The maximum atomic E-state index is 14.2. The van der Waals surface area contributed by atoms with Crippen molar-refractivity contribution in [3.05, 3.63) is 49.6 Å². The van der Waals surface area contributed by atoms with Gasteiger partial charge >= 0.3 is 5.69 Å². The summed E-state index contributed by atoms with van der Waals surface area (Å²) in [7, 11) is 0. The molecular formula is C15H13BrClFN4O4. The van der Waals surface area contributed by atoms with E-state index in [-0.39, 0.29) is 16.2 Å². The molecule has 3 rings (SSSR count). The van der Waals surface area contributed by atoms with Gasteiger partial charge in [0.25, 0.3) is 0 Å². The number of hydrogen-bond donors (Lipinski definition) is 0. The summed E-state index contributed by atoms with van der Waals surface area (Å²) >= 11 is 9.19. The van der Waals surface area contributed by atoms with E-state index in [1.54, 1.807) is 0 Å². The van der Waals surface area contributed by atoms with Crippen LogP contribution in [0.3, 0.4) is 0 Å². The summed E-state index contributed by atoms with van der Waals surface area (Å²) in [6.07, 6.45) is 1.32. The van der Waals surface area contributed by atoms with Crippen molar-refractivity contribution in [3.8, 4) is 5.75 Å². The van der Waals surface area contributed by atoms with Gasteiger partial charge < -0.3 is 14.4 Å². The molecule has 0 unspecified atom stereocenters. The number of nitro benzene ring substituents is 1. The quantitative estimate of drug-likeness (QED) is 0.394. The van der Waals surface area contributed by atoms with Crippen LogP contribution in [0.4, 0.5) is 15.9 Å². The van der Waals surface area contributed by atoms with Crippen LogP contribution in [0.5, 0.6) is 5.75 Å². The normalized spacial score (nSPS) is 14.3. The summed E-state index contributed by atoms with van der Waals surface area (Å²) in [5.74, 6) is -0.786. The molecule has 26 heavy (non-hydrogen) atoms. The van der Waals surface area contributed by atoms with Gasteiger partial charge in [0.15, 0.2) is 5.82 Å². The predicted octanol–water partition coefficient (Wildman–Crippen LogP) is 3.36. The minimum absolute atomic E-state index is 0.140. The second kappa shape index (κ2) is 8.11. The molecule has 1 aromatic heterocycles. The van der Waals surface area contributed by atoms with Gasteiger partial charge in [-0.2, -0.15) is 0 Å². The smallest absolute Gasteiger partial charge is 0.315 e. The van der Waals surface area contributed by atoms with Crippen LogP contribution in [-0.4, -0.2) is 41.2 Å². The van der Waals surface area contributed by atoms with Gasteiger partial charge in [-0.05, 0) is 6.07 Å². The molecule has 1 fully saturated rings. The SMILES string of the molecule is O=[N+]([O-])c1cc(Br)cc(F)c1OCc1c(Cl)ncnc1N1CCOCC1. The molecule has 0 radical (unpaired) electrons. The van der Waals surface area contributed by atoms with Crippen LogP contribution in [0.2, 0.25) is 5.15 Å². The van der Waals surface area contributed by atoms with Gasteiger partial charge in [-0.1, -0.05) is 27.5 Å². The van der Waals surface area contributed by atoms with E-state index in [1.165, 1.54) is 12.4 Å². The lowest BCUT2D eigenvalue weighted by Crippen LogP contribution is -2.37. The number of benzene rings is 1. The zero-order chi connectivity index (χ0) is 18.7. The Balaban J connectivity index is 1.90. The number of aromatic nitrogens is 2. The van der Waals surface area contributed by atoms with Gasteiger partial charge in [0.1, 0.15) is 23.9 Å². The number of halogens is 3. The standard InChI is InChI=1S/C15H13BrClFN4O4/c16-9-5-11(18)13(12(6-9)22(23)24)26-7-10-14(17)19-8-20-15(10)21-1-3-25-4-2-21/h5-6,8H,1-4,7H2. The molecule has 2 aromatic rings. The van der Waals surface area contributed by atoms with E-state index >= 15 is 0 Å². The van der Waals surface area contributed by atoms with E-state index in [9.17, 15) is 14.5 Å². The molecule has 1 aromatic carbocycles. The van der Waals surface area contributed by atoms with Gasteiger partial charge in [-0.25, -0.2) is 14.4 Å². The highest BCUT2D eigenvalue weighted by molar-refractivity contribution is 9.10. The first-order valence-electron chi connectivity index (χ1n) is 7.55. The number of nitro groups is 1. The molecule has 0 bridgehead atoms. The first-order valence-corrected chi connectivity index (χ1v) is 8.72. The number of anilines is 1. The zero-order valence-corrected chi connectivity index (χ0v) is 15.7. The minimum Gasteiger partial charge on any atom is -0.480 e. The molecule has 0 atom stereocenters. The third kappa shape index (κ3) is 4.02. The van der Waals surface area contributed by atoms with Crippen molar-refractivity contribution in [1.29, 1.82) is 0 Å². The summed E-state index contributed by atoms with van der Waals surface area (Å²) in [5.41, 5.74) is -0.0644. The lowest BCUT2D eigenvalue weighted by Gasteiger charge is -2.29. The monoisotopic (exact) mass is 446 g/mol. The minimum atomic E-state index is -0.855. The molecule has 0 N–H and O–H groups in total. The van der Waals surface area contributed by atoms with Crippen molar-refractivity contribution in [2.75, 3.05) is 31.2 Å². The third-order valence-corrected chi connectivity index (χ3v) is 4.51.